The molecule has 0 radical (unpaired) electrons. The predicted molar refractivity (Wildman–Crippen MR) is 127 cm³/mol. The number of aromatic nitrogens is 1. The summed E-state index contributed by atoms with van der Waals surface area (Å²) in [5, 5.41) is 14.7. The van der Waals surface area contributed by atoms with Gasteiger partial charge in [0, 0.05) is 29.4 Å². The second kappa shape index (κ2) is 10.6. The molecular weight excluding hydrogens is 457 g/mol. The van der Waals surface area contributed by atoms with Crippen molar-refractivity contribution < 1.29 is 33.3 Å². The number of piperidine rings is 1. The molecule has 184 valence electrons. The molecule has 2 heterocycles. The first-order chi connectivity index (χ1) is 16.9. The topological polar surface area (TPSA) is 119 Å². The highest BCUT2D eigenvalue weighted by Crippen LogP contribution is 2.39. The van der Waals surface area contributed by atoms with Crippen LogP contribution in [-0.2, 0) is 9.59 Å². The number of pyridine rings is 1. The van der Waals surface area contributed by atoms with Crippen LogP contribution in [0.1, 0.15) is 19.8 Å². The number of anilines is 1. The summed E-state index contributed by atoms with van der Waals surface area (Å²) in [6.45, 7) is 4.00. The van der Waals surface area contributed by atoms with Gasteiger partial charge in [0.1, 0.15) is 5.75 Å². The fourth-order valence-corrected chi connectivity index (χ4v) is 4.04. The molecule has 1 unspecified atom stereocenters. The number of carboxylic acids is 1. The van der Waals surface area contributed by atoms with Crippen LogP contribution in [0.4, 0.5) is 10.1 Å². The van der Waals surface area contributed by atoms with E-state index in [4.69, 9.17) is 19.3 Å². The molecular formula is C25H26FN3O6. The summed E-state index contributed by atoms with van der Waals surface area (Å²) in [6.07, 6.45) is 3.62. The van der Waals surface area contributed by atoms with Gasteiger partial charge in [-0.25, -0.2) is 9.18 Å². The molecule has 1 aliphatic heterocycles. The largest absolute Gasteiger partial charge is 0.493 e. The van der Waals surface area contributed by atoms with E-state index in [0.717, 1.165) is 32.0 Å². The van der Waals surface area contributed by atoms with Gasteiger partial charge in [-0.2, -0.15) is 0 Å². The minimum atomic E-state index is -1.67. The van der Waals surface area contributed by atoms with Crippen molar-refractivity contribution in [3.05, 3.63) is 48.4 Å². The number of carboxylic acid groups (broad SMARTS) is 1. The Balaban J connectivity index is 1.58. The summed E-state index contributed by atoms with van der Waals surface area (Å²) in [6, 6.07) is 8.74. The van der Waals surface area contributed by atoms with E-state index in [-0.39, 0.29) is 17.5 Å². The first-order valence-electron chi connectivity index (χ1n) is 11.2. The summed E-state index contributed by atoms with van der Waals surface area (Å²) >= 11 is 0. The quantitative estimate of drug-likeness (QED) is 0.432. The van der Waals surface area contributed by atoms with Crippen molar-refractivity contribution in [3.8, 4) is 23.0 Å². The van der Waals surface area contributed by atoms with E-state index < -0.39 is 17.7 Å². The summed E-state index contributed by atoms with van der Waals surface area (Å²) in [5.41, 5.74) is 0.578. The number of amides is 1. The number of carbonyl (C=O) groups is 2. The molecule has 9 nitrogen and oxygen atoms in total. The molecule has 0 aliphatic carbocycles. The number of fused-ring (bicyclic) bond motifs is 1. The number of methoxy groups -OCH3 is 1. The lowest BCUT2D eigenvalue weighted by Gasteiger charge is -2.29. The first kappa shape index (κ1) is 24.2. The molecule has 10 heteroatoms. The van der Waals surface area contributed by atoms with Gasteiger partial charge < -0.3 is 30.0 Å². The van der Waals surface area contributed by atoms with Crippen LogP contribution in [0.15, 0.2) is 42.6 Å². The van der Waals surface area contributed by atoms with Gasteiger partial charge in [0.15, 0.2) is 23.1 Å². The lowest BCUT2D eigenvalue weighted by atomic mass is 9.93. The number of nitrogens with zero attached hydrogens (tertiary/aromatic N) is 1. The molecule has 3 aromatic rings. The highest BCUT2D eigenvalue weighted by molar-refractivity contribution is 6.36. The summed E-state index contributed by atoms with van der Waals surface area (Å²) in [5.74, 6) is -1.97. The molecule has 1 aliphatic rings. The number of carbonyl (C=O) groups excluding carboxylic acids is 1. The van der Waals surface area contributed by atoms with Crippen LogP contribution >= 0.6 is 0 Å². The van der Waals surface area contributed by atoms with E-state index >= 15 is 0 Å². The second-order valence-electron chi connectivity index (χ2n) is 8.25. The zero-order valence-electron chi connectivity index (χ0n) is 19.3. The highest BCUT2D eigenvalue weighted by Gasteiger charge is 2.23. The Morgan fingerprint density at radius 1 is 1.11 bits per heavy atom. The van der Waals surface area contributed by atoms with Crippen molar-refractivity contribution >= 4 is 28.5 Å². The van der Waals surface area contributed by atoms with Crippen LogP contribution in [0, 0.1) is 11.7 Å². The van der Waals surface area contributed by atoms with E-state index in [0.29, 0.717) is 34.1 Å². The minimum Gasteiger partial charge on any atom is -0.493 e. The lowest BCUT2D eigenvalue weighted by molar-refractivity contribution is -0.147. The van der Waals surface area contributed by atoms with Gasteiger partial charge in [-0.05, 0) is 63.0 Å². The van der Waals surface area contributed by atoms with E-state index in [2.05, 4.69) is 22.5 Å². The van der Waals surface area contributed by atoms with Gasteiger partial charge in [0.05, 0.1) is 18.7 Å². The fraction of sp³-hybridized carbons (Fsp3) is 0.320. The Morgan fingerprint density at radius 2 is 1.89 bits per heavy atom. The Hall–Kier alpha value is -3.92. The van der Waals surface area contributed by atoms with Crippen LogP contribution in [-0.4, -0.2) is 48.3 Å². The van der Waals surface area contributed by atoms with Gasteiger partial charge in [0.2, 0.25) is 0 Å². The third kappa shape index (κ3) is 5.60. The molecule has 1 saturated heterocycles. The zero-order chi connectivity index (χ0) is 24.9. The Kier molecular flexibility index (Phi) is 7.31. The van der Waals surface area contributed by atoms with Crippen LogP contribution in [0.25, 0.3) is 10.9 Å². The van der Waals surface area contributed by atoms with Gasteiger partial charge in [-0.1, -0.05) is 0 Å². The third-order valence-electron chi connectivity index (χ3n) is 5.95. The molecule has 4 rings (SSSR count). The van der Waals surface area contributed by atoms with Gasteiger partial charge in [0.25, 0.3) is 0 Å². The number of hydrogen-bond donors (Lipinski definition) is 3. The van der Waals surface area contributed by atoms with Crippen molar-refractivity contribution in [1.82, 2.24) is 10.3 Å². The van der Waals surface area contributed by atoms with Gasteiger partial charge in [-0.15, -0.1) is 0 Å². The van der Waals surface area contributed by atoms with Crippen LogP contribution in [0.2, 0.25) is 0 Å². The maximum absolute atomic E-state index is 14.6. The smallest absolute Gasteiger partial charge is 0.394 e. The van der Waals surface area contributed by atoms with Crippen LogP contribution < -0.4 is 24.8 Å². The summed E-state index contributed by atoms with van der Waals surface area (Å²) < 4.78 is 32.2. The Bertz CT molecular complexity index is 1250. The van der Waals surface area contributed by atoms with E-state index in [1.54, 1.807) is 31.5 Å². The number of hydrogen-bond acceptors (Lipinski definition) is 7. The predicted octanol–water partition coefficient (Wildman–Crippen LogP) is 3.96. The second-order valence-corrected chi connectivity index (χ2v) is 8.25. The summed E-state index contributed by atoms with van der Waals surface area (Å²) in [4.78, 5) is 26.4. The van der Waals surface area contributed by atoms with Gasteiger partial charge >= 0.3 is 11.9 Å². The molecule has 35 heavy (non-hydrogen) atoms. The number of rotatable bonds is 7. The number of aliphatic carboxylic acids is 1. The van der Waals surface area contributed by atoms with Crippen molar-refractivity contribution in [1.29, 1.82) is 0 Å². The average Bonchev–Trinajstić information content (AvgIpc) is 2.85. The highest BCUT2D eigenvalue weighted by atomic mass is 19.1. The zero-order valence-corrected chi connectivity index (χ0v) is 19.3. The van der Waals surface area contributed by atoms with E-state index in [1.165, 1.54) is 12.1 Å². The van der Waals surface area contributed by atoms with Crippen molar-refractivity contribution in [2.24, 2.45) is 5.92 Å². The van der Waals surface area contributed by atoms with E-state index in [1.807, 2.05) is 0 Å². The van der Waals surface area contributed by atoms with Crippen molar-refractivity contribution in [2.75, 3.05) is 25.5 Å². The maximum atomic E-state index is 14.6. The monoisotopic (exact) mass is 483 g/mol. The number of nitrogens with one attached hydrogen (secondary N) is 2. The molecule has 1 atom stereocenters. The molecule has 1 aromatic heterocycles. The molecule has 0 saturated carbocycles. The summed E-state index contributed by atoms with van der Waals surface area (Å²) in [7, 11) is 1.55. The van der Waals surface area contributed by atoms with Crippen molar-refractivity contribution in [2.45, 2.75) is 25.9 Å². The molecule has 2 aromatic carbocycles. The number of benzene rings is 2. The first-order valence-corrected chi connectivity index (χ1v) is 11.2. The number of ether oxygens (including phenoxy) is 3. The molecule has 1 fully saturated rings. The molecule has 3 N–H and O–H groups in total. The van der Waals surface area contributed by atoms with Crippen LogP contribution in [0.5, 0.6) is 23.0 Å². The number of halogens is 1. The van der Waals surface area contributed by atoms with E-state index in [9.17, 15) is 14.0 Å². The SMILES string of the molecule is COc1cc2c(Oc3ccc(NC(=O)C(=O)O)cc3F)ccnc2cc1OC(C)C1CCNCC1. The third-order valence-corrected chi connectivity index (χ3v) is 5.95. The fourth-order valence-electron chi connectivity index (χ4n) is 4.04. The maximum Gasteiger partial charge on any atom is 0.394 e. The Morgan fingerprint density at radius 3 is 2.57 bits per heavy atom. The lowest BCUT2D eigenvalue weighted by Crippen LogP contribution is -2.35. The average molecular weight is 483 g/mol. The molecule has 0 spiro atoms. The standard InChI is InChI=1S/C25H26FN3O6/c1-14(15-5-8-27-9-6-15)34-23-13-19-17(12-22(23)33-2)20(7-10-28-19)35-21-4-3-16(11-18(21)26)29-24(30)25(31)32/h3-4,7,10-15,27H,5-6,8-9H2,1-2H3,(H,29,30)(H,31,32). The normalized spacial score (nSPS) is 14.8. The Labute approximate surface area is 201 Å². The molecule has 0 bridgehead atoms. The van der Waals surface area contributed by atoms with Gasteiger partial charge in [-0.3, -0.25) is 9.78 Å². The van der Waals surface area contributed by atoms with Crippen LogP contribution in [0.3, 0.4) is 0 Å². The molecule has 1 amide bonds. The van der Waals surface area contributed by atoms with Crippen molar-refractivity contribution in [3.63, 3.8) is 0 Å². The minimum absolute atomic E-state index is 0.00267.